The molecule has 0 saturated carbocycles. The average Bonchev–Trinajstić information content (AvgIpc) is 2.54. The third-order valence-electron chi connectivity index (χ3n) is 3.48. The number of hydrogen-bond donors (Lipinski definition) is 1. The number of benzene rings is 1. The van der Waals surface area contributed by atoms with Crippen molar-refractivity contribution < 1.29 is 4.79 Å². The number of halogens is 1. The quantitative estimate of drug-likeness (QED) is 0.890. The fourth-order valence-corrected chi connectivity index (χ4v) is 2.12. The first kappa shape index (κ1) is 18.1. The summed E-state index contributed by atoms with van der Waals surface area (Å²) < 4.78 is 0. The first-order valence-corrected chi connectivity index (χ1v) is 7.11. The Morgan fingerprint density at radius 2 is 1.86 bits per heavy atom. The number of nitrogens with zero attached hydrogens (tertiary/aromatic N) is 2. The van der Waals surface area contributed by atoms with Crippen molar-refractivity contribution in [3.63, 3.8) is 0 Å². The van der Waals surface area contributed by atoms with E-state index in [1.807, 2.05) is 55.6 Å². The molecular formula is C17H22ClN3O. The molecule has 0 bridgehead atoms. The Morgan fingerprint density at radius 1 is 1.18 bits per heavy atom. The van der Waals surface area contributed by atoms with E-state index < -0.39 is 0 Å². The molecule has 0 fully saturated rings. The molecule has 4 nitrogen and oxygen atoms in total. The van der Waals surface area contributed by atoms with Crippen molar-refractivity contribution in [2.45, 2.75) is 18.9 Å². The lowest BCUT2D eigenvalue weighted by Crippen LogP contribution is -2.31. The zero-order chi connectivity index (χ0) is 15.1. The minimum absolute atomic E-state index is 0. The van der Waals surface area contributed by atoms with Crippen LogP contribution in [0.2, 0.25) is 0 Å². The number of hydrogen-bond acceptors (Lipinski definition) is 3. The van der Waals surface area contributed by atoms with Crippen LogP contribution in [0, 0.1) is 0 Å². The minimum Gasteiger partial charge on any atom is -0.345 e. The fourth-order valence-electron chi connectivity index (χ4n) is 2.12. The molecule has 1 aromatic carbocycles. The van der Waals surface area contributed by atoms with Crippen LogP contribution in [0.1, 0.15) is 23.7 Å². The van der Waals surface area contributed by atoms with E-state index in [0.29, 0.717) is 13.0 Å². The van der Waals surface area contributed by atoms with E-state index in [-0.39, 0.29) is 24.4 Å². The largest absolute Gasteiger partial charge is 0.345 e. The predicted octanol–water partition coefficient (Wildman–Crippen LogP) is 2.59. The van der Waals surface area contributed by atoms with Gasteiger partial charge in [-0.15, -0.1) is 12.4 Å². The molecule has 0 aliphatic rings. The van der Waals surface area contributed by atoms with Crippen molar-refractivity contribution in [2.75, 3.05) is 13.6 Å². The molecule has 22 heavy (non-hydrogen) atoms. The lowest BCUT2D eigenvalue weighted by molar-refractivity contribution is -0.130. The minimum atomic E-state index is -0.254. The molecule has 1 unspecified atom stereocenters. The average molecular weight is 320 g/mol. The molecule has 0 aliphatic carbocycles. The van der Waals surface area contributed by atoms with E-state index in [9.17, 15) is 4.79 Å². The Bertz CT molecular complexity index is 563. The highest BCUT2D eigenvalue weighted by atomic mass is 35.5. The first-order valence-electron chi connectivity index (χ1n) is 7.11. The molecule has 118 valence electrons. The third kappa shape index (κ3) is 5.47. The summed E-state index contributed by atoms with van der Waals surface area (Å²) in [6.45, 7) is 0.650. The van der Waals surface area contributed by atoms with Crippen LogP contribution in [0.4, 0.5) is 0 Å². The van der Waals surface area contributed by atoms with Gasteiger partial charge in [0.1, 0.15) is 0 Å². The lowest BCUT2D eigenvalue weighted by atomic mass is 10.0. The summed E-state index contributed by atoms with van der Waals surface area (Å²) in [5.74, 6) is 0.0577. The van der Waals surface area contributed by atoms with Gasteiger partial charge in [-0.25, -0.2) is 0 Å². The summed E-state index contributed by atoms with van der Waals surface area (Å²) in [7, 11) is 1.81. The summed E-state index contributed by atoms with van der Waals surface area (Å²) in [6.07, 6.45) is 2.84. The van der Waals surface area contributed by atoms with E-state index >= 15 is 0 Å². The highest BCUT2D eigenvalue weighted by molar-refractivity contribution is 5.85. The van der Waals surface area contributed by atoms with Gasteiger partial charge in [-0.2, -0.15) is 0 Å². The van der Waals surface area contributed by atoms with E-state index in [1.165, 1.54) is 0 Å². The number of carbonyl (C=O) groups excluding carboxylic acids is 1. The molecule has 5 heteroatoms. The highest BCUT2D eigenvalue weighted by Gasteiger charge is 2.15. The van der Waals surface area contributed by atoms with Crippen molar-refractivity contribution in [3.05, 3.63) is 66.0 Å². The van der Waals surface area contributed by atoms with E-state index in [2.05, 4.69) is 4.98 Å². The Balaban J connectivity index is 0.00000242. The summed E-state index contributed by atoms with van der Waals surface area (Å²) in [4.78, 5) is 18.1. The SMILES string of the molecule is CN(CCc1ccccn1)C(=O)CC(N)c1ccccc1.Cl. The standard InChI is InChI=1S/C17H21N3O.ClH/c1-20(12-10-15-9-5-6-11-19-15)17(21)13-16(18)14-7-3-2-4-8-14;/h2-9,11,16H,10,12-13,18H2,1H3;1H. The Morgan fingerprint density at radius 3 is 2.50 bits per heavy atom. The van der Waals surface area contributed by atoms with Crippen molar-refractivity contribution >= 4 is 18.3 Å². The molecular weight excluding hydrogens is 298 g/mol. The number of carbonyl (C=O) groups is 1. The molecule has 2 N–H and O–H groups in total. The number of rotatable bonds is 6. The van der Waals surface area contributed by atoms with Crippen LogP contribution in [-0.2, 0) is 11.2 Å². The Labute approximate surface area is 137 Å². The number of likely N-dealkylation sites (N-methyl/N-ethyl adjacent to an activating group) is 1. The molecule has 0 saturated heterocycles. The van der Waals surface area contributed by atoms with Crippen LogP contribution < -0.4 is 5.73 Å². The van der Waals surface area contributed by atoms with Gasteiger partial charge in [0.25, 0.3) is 0 Å². The maximum atomic E-state index is 12.2. The van der Waals surface area contributed by atoms with Gasteiger partial charge in [0.15, 0.2) is 0 Å². The van der Waals surface area contributed by atoms with Gasteiger partial charge in [0, 0.05) is 44.4 Å². The van der Waals surface area contributed by atoms with E-state index in [0.717, 1.165) is 17.7 Å². The number of nitrogens with two attached hydrogens (primary N) is 1. The van der Waals surface area contributed by atoms with Crippen molar-refractivity contribution in [1.82, 2.24) is 9.88 Å². The summed E-state index contributed by atoms with van der Waals surface area (Å²) in [5, 5.41) is 0. The topological polar surface area (TPSA) is 59.2 Å². The summed E-state index contributed by atoms with van der Waals surface area (Å²) >= 11 is 0. The molecule has 1 heterocycles. The number of amides is 1. The Kier molecular flexibility index (Phi) is 7.57. The molecule has 2 aromatic rings. The molecule has 2 rings (SSSR count). The molecule has 1 atom stereocenters. The van der Waals surface area contributed by atoms with Crippen LogP contribution in [0.25, 0.3) is 0 Å². The lowest BCUT2D eigenvalue weighted by Gasteiger charge is -2.19. The van der Waals surface area contributed by atoms with Crippen LogP contribution in [0.3, 0.4) is 0 Å². The van der Waals surface area contributed by atoms with Crippen LogP contribution >= 0.6 is 12.4 Å². The van der Waals surface area contributed by atoms with Crippen molar-refractivity contribution in [3.8, 4) is 0 Å². The van der Waals surface area contributed by atoms with Crippen molar-refractivity contribution in [2.24, 2.45) is 5.73 Å². The van der Waals surface area contributed by atoms with Gasteiger partial charge in [-0.1, -0.05) is 36.4 Å². The second kappa shape index (κ2) is 9.18. The normalized spacial score (nSPS) is 11.4. The molecule has 1 amide bonds. The van der Waals surface area contributed by atoms with Gasteiger partial charge in [-0.3, -0.25) is 9.78 Å². The number of aromatic nitrogens is 1. The van der Waals surface area contributed by atoms with Crippen molar-refractivity contribution in [1.29, 1.82) is 0 Å². The molecule has 1 aromatic heterocycles. The summed E-state index contributed by atoms with van der Waals surface area (Å²) in [6, 6.07) is 15.3. The van der Waals surface area contributed by atoms with Crippen LogP contribution in [0.5, 0.6) is 0 Å². The smallest absolute Gasteiger partial charge is 0.224 e. The van der Waals surface area contributed by atoms with E-state index in [1.54, 1.807) is 11.1 Å². The summed E-state index contributed by atoms with van der Waals surface area (Å²) in [5.41, 5.74) is 8.06. The zero-order valence-corrected chi connectivity index (χ0v) is 13.5. The van der Waals surface area contributed by atoms with E-state index in [4.69, 9.17) is 5.73 Å². The molecule has 0 radical (unpaired) electrons. The van der Waals surface area contributed by atoms with Gasteiger partial charge in [-0.05, 0) is 17.7 Å². The molecule has 0 spiro atoms. The zero-order valence-electron chi connectivity index (χ0n) is 12.7. The second-order valence-electron chi connectivity index (χ2n) is 5.11. The van der Waals surface area contributed by atoms with Gasteiger partial charge in [0.2, 0.25) is 5.91 Å². The Hall–Kier alpha value is -1.91. The fraction of sp³-hybridized carbons (Fsp3) is 0.294. The van der Waals surface area contributed by atoms with Gasteiger partial charge >= 0.3 is 0 Å². The third-order valence-corrected chi connectivity index (χ3v) is 3.48. The monoisotopic (exact) mass is 319 g/mol. The first-order chi connectivity index (χ1) is 10.2. The van der Waals surface area contributed by atoms with Gasteiger partial charge in [0.05, 0.1) is 0 Å². The van der Waals surface area contributed by atoms with Crippen LogP contribution in [0.15, 0.2) is 54.7 Å². The number of pyridine rings is 1. The van der Waals surface area contributed by atoms with Crippen LogP contribution in [-0.4, -0.2) is 29.4 Å². The highest BCUT2D eigenvalue weighted by Crippen LogP contribution is 2.14. The maximum Gasteiger partial charge on any atom is 0.224 e. The maximum absolute atomic E-state index is 12.2. The second-order valence-corrected chi connectivity index (χ2v) is 5.11. The van der Waals surface area contributed by atoms with Gasteiger partial charge < -0.3 is 10.6 Å². The molecule has 0 aliphatic heterocycles. The predicted molar refractivity (Wildman–Crippen MR) is 90.8 cm³/mol.